The highest BCUT2D eigenvalue weighted by molar-refractivity contribution is 7.12. The van der Waals surface area contributed by atoms with Crippen LogP contribution in [0.1, 0.15) is 46.1 Å². The molecule has 2 aromatic rings. The second-order valence-corrected chi connectivity index (χ2v) is 7.26. The number of nitrogens with zero attached hydrogens (tertiary/aromatic N) is 1. The number of likely N-dealkylation sites (tertiary alicyclic amines) is 1. The van der Waals surface area contributed by atoms with Gasteiger partial charge in [-0.1, -0.05) is 6.07 Å². The summed E-state index contributed by atoms with van der Waals surface area (Å²) in [5.41, 5.74) is 2.20. The van der Waals surface area contributed by atoms with Gasteiger partial charge in [0.2, 0.25) is 0 Å². The van der Waals surface area contributed by atoms with Gasteiger partial charge in [0.1, 0.15) is 0 Å². The zero-order valence-electron chi connectivity index (χ0n) is 13.8. The highest BCUT2D eigenvalue weighted by atomic mass is 32.1. The summed E-state index contributed by atoms with van der Waals surface area (Å²) in [5, 5.41) is 1.99. The lowest BCUT2D eigenvalue weighted by atomic mass is 10.0. The van der Waals surface area contributed by atoms with E-state index in [4.69, 9.17) is 9.47 Å². The number of rotatable bonds is 2. The smallest absolute Gasteiger partial charge is 0.264 e. The Morgan fingerprint density at radius 1 is 1.17 bits per heavy atom. The van der Waals surface area contributed by atoms with Crippen molar-refractivity contribution < 1.29 is 14.3 Å². The molecule has 1 aromatic carbocycles. The maximum absolute atomic E-state index is 12.9. The fraction of sp³-hybridized carbons (Fsp3) is 0.421. The van der Waals surface area contributed by atoms with Gasteiger partial charge < -0.3 is 14.4 Å². The Balaban J connectivity index is 1.62. The Kier molecular flexibility index (Phi) is 4.19. The minimum atomic E-state index is 0.121. The highest BCUT2D eigenvalue weighted by Crippen LogP contribution is 2.39. The van der Waals surface area contributed by atoms with E-state index in [9.17, 15) is 4.79 Å². The van der Waals surface area contributed by atoms with E-state index in [0.29, 0.717) is 13.2 Å². The quantitative estimate of drug-likeness (QED) is 0.820. The normalized spacial score (nSPS) is 20.0. The van der Waals surface area contributed by atoms with Crippen molar-refractivity contribution in [3.63, 3.8) is 0 Å². The van der Waals surface area contributed by atoms with E-state index in [2.05, 4.69) is 12.1 Å². The molecule has 1 amide bonds. The van der Waals surface area contributed by atoms with Crippen LogP contribution in [0.25, 0.3) is 0 Å². The fourth-order valence-corrected chi connectivity index (χ4v) is 4.35. The van der Waals surface area contributed by atoms with Crippen LogP contribution >= 0.6 is 11.3 Å². The van der Waals surface area contributed by atoms with Gasteiger partial charge in [-0.2, -0.15) is 0 Å². The third kappa shape index (κ3) is 2.77. The van der Waals surface area contributed by atoms with Gasteiger partial charge in [0.15, 0.2) is 11.5 Å². The van der Waals surface area contributed by atoms with E-state index >= 15 is 0 Å². The largest absolute Gasteiger partial charge is 0.490 e. The van der Waals surface area contributed by atoms with Crippen molar-refractivity contribution in [2.45, 2.75) is 32.2 Å². The molecule has 0 saturated carbocycles. The zero-order valence-corrected chi connectivity index (χ0v) is 14.6. The molecule has 126 valence electrons. The Labute approximate surface area is 146 Å². The van der Waals surface area contributed by atoms with Gasteiger partial charge in [-0.25, -0.2) is 0 Å². The summed E-state index contributed by atoms with van der Waals surface area (Å²) < 4.78 is 11.5. The summed E-state index contributed by atoms with van der Waals surface area (Å²) in [6.07, 6.45) is 2.93. The molecule has 5 heteroatoms. The predicted octanol–water partition coefficient (Wildman–Crippen LogP) is 4.20. The molecular weight excluding hydrogens is 322 g/mol. The Bertz CT molecular complexity index is 755. The molecule has 0 spiro atoms. The number of amides is 1. The van der Waals surface area contributed by atoms with Gasteiger partial charge in [0.25, 0.3) is 5.91 Å². The monoisotopic (exact) mass is 343 g/mol. The van der Waals surface area contributed by atoms with Crippen molar-refractivity contribution in [1.29, 1.82) is 0 Å². The molecule has 4 nitrogen and oxygen atoms in total. The number of hydrogen-bond donors (Lipinski definition) is 0. The van der Waals surface area contributed by atoms with Crippen LogP contribution in [-0.2, 0) is 0 Å². The second kappa shape index (κ2) is 6.48. The topological polar surface area (TPSA) is 38.8 Å². The summed E-state index contributed by atoms with van der Waals surface area (Å²) >= 11 is 1.53. The molecule has 0 unspecified atom stereocenters. The van der Waals surface area contributed by atoms with E-state index in [1.807, 2.05) is 29.3 Å². The SMILES string of the molecule is Cc1ccsc1C(=O)N1CCC[C@H]1c1ccc2c(c1)OCCCO2. The van der Waals surface area contributed by atoms with E-state index in [0.717, 1.165) is 53.3 Å². The summed E-state index contributed by atoms with van der Waals surface area (Å²) in [4.78, 5) is 15.8. The maximum Gasteiger partial charge on any atom is 0.264 e. The summed E-state index contributed by atoms with van der Waals surface area (Å²) in [5.74, 6) is 1.76. The highest BCUT2D eigenvalue weighted by Gasteiger charge is 2.32. The third-order valence-corrected chi connectivity index (χ3v) is 5.73. The van der Waals surface area contributed by atoms with E-state index in [-0.39, 0.29) is 11.9 Å². The maximum atomic E-state index is 12.9. The molecule has 0 bridgehead atoms. The molecule has 1 atom stereocenters. The molecule has 0 radical (unpaired) electrons. The first kappa shape index (κ1) is 15.5. The molecule has 3 heterocycles. The van der Waals surface area contributed by atoms with Gasteiger partial charge >= 0.3 is 0 Å². The lowest BCUT2D eigenvalue weighted by Crippen LogP contribution is -2.30. The first-order valence-corrected chi connectivity index (χ1v) is 9.36. The van der Waals surface area contributed by atoms with Crippen LogP contribution in [0.4, 0.5) is 0 Å². The predicted molar refractivity (Wildman–Crippen MR) is 94.1 cm³/mol. The Morgan fingerprint density at radius 2 is 2.00 bits per heavy atom. The van der Waals surface area contributed by atoms with Gasteiger partial charge in [-0.15, -0.1) is 11.3 Å². The van der Waals surface area contributed by atoms with Crippen LogP contribution in [0.3, 0.4) is 0 Å². The molecule has 2 aliphatic rings. The van der Waals surface area contributed by atoms with Crippen LogP contribution < -0.4 is 9.47 Å². The van der Waals surface area contributed by atoms with E-state index in [1.54, 1.807) is 0 Å². The molecule has 24 heavy (non-hydrogen) atoms. The average molecular weight is 343 g/mol. The molecule has 1 fully saturated rings. The van der Waals surface area contributed by atoms with Crippen molar-refractivity contribution in [3.05, 3.63) is 45.6 Å². The number of benzene rings is 1. The first-order valence-electron chi connectivity index (χ1n) is 8.48. The summed E-state index contributed by atoms with van der Waals surface area (Å²) in [7, 11) is 0. The number of aryl methyl sites for hydroxylation is 1. The first-order chi connectivity index (χ1) is 11.7. The van der Waals surface area contributed by atoms with Crippen molar-refractivity contribution in [3.8, 4) is 11.5 Å². The number of hydrogen-bond acceptors (Lipinski definition) is 4. The van der Waals surface area contributed by atoms with Crippen molar-refractivity contribution in [1.82, 2.24) is 4.90 Å². The van der Waals surface area contributed by atoms with Crippen LogP contribution in [0.2, 0.25) is 0 Å². The van der Waals surface area contributed by atoms with Crippen molar-refractivity contribution in [2.75, 3.05) is 19.8 Å². The Morgan fingerprint density at radius 3 is 2.79 bits per heavy atom. The third-order valence-electron chi connectivity index (χ3n) is 4.73. The lowest BCUT2D eigenvalue weighted by molar-refractivity contribution is 0.0739. The number of ether oxygens (including phenoxy) is 2. The van der Waals surface area contributed by atoms with Crippen LogP contribution in [0.15, 0.2) is 29.6 Å². The minimum Gasteiger partial charge on any atom is -0.490 e. The fourth-order valence-electron chi connectivity index (χ4n) is 3.47. The van der Waals surface area contributed by atoms with Crippen LogP contribution in [-0.4, -0.2) is 30.6 Å². The lowest BCUT2D eigenvalue weighted by Gasteiger charge is -2.25. The zero-order chi connectivity index (χ0) is 16.5. The molecule has 4 rings (SSSR count). The number of fused-ring (bicyclic) bond motifs is 1. The van der Waals surface area contributed by atoms with Gasteiger partial charge in [0.05, 0.1) is 24.1 Å². The van der Waals surface area contributed by atoms with Gasteiger partial charge in [0, 0.05) is 13.0 Å². The van der Waals surface area contributed by atoms with Crippen LogP contribution in [0, 0.1) is 6.92 Å². The van der Waals surface area contributed by atoms with E-state index < -0.39 is 0 Å². The van der Waals surface area contributed by atoms with Gasteiger partial charge in [-0.3, -0.25) is 4.79 Å². The average Bonchev–Trinajstić information content (AvgIpc) is 3.18. The molecule has 0 N–H and O–H groups in total. The minimum absolute atomic E-state index is 0.121. The van der Waals surface area contributed by atoms with Crippen molar-refractivity contribution >= 4 is 17.2 Å². The number of carbonyl (C=O) groups is 1. The molecule has 1 aromatic heterocycles. The Hall–Kier alpha value is -2.01. The van der Waals surface area contributed by atoms with Gasteiger partial charge in [-0.05, 0) is 54.5 Å². The van der Waals surface area contributed by atoms with Crippen LogP contribution in [0.5, 0.6) is 11.5 Å². The molecule has 2 aliphatic heterocycles. The number of thiophene rings is 1. The molecular formula is C19H21NO3S. The standard InChI is InChI=1S/C19H21NO3S/c1-13-7-11-24-18(13)19(21)20-8-2-4-15(20)14-5-6-16-17(12-14)23-10-3-9-22-16/h5-7,11-12,15H,2-4,8-10H2,1H3/t15-/m0/s1. The second-order valence-electron chi connectivity index (χ2n) is 6.35. The van der Waals surface area contributed by atoms with E-state index in [1.165, 1.54) is 11.3 Å². The summed E-state index contributed by atoms with van der Waals surface area (Å²) in [6, 6.07) is 8.24. The molecule has 0 aliphatic carbocycles. The summed E-state index contributed by atoms with van der Waals surface area (Å²) in [6.45, 7) is 4.19. The molecule has 1 saturated heterocycles. The van der Waals surface area contributed by atoms with Crippen molar-refractivity contribution in [2.24, 2.45) is 0 Å². The number of carbonyl (C=O) groups excluding carboxylic acids is 1.